The zero-order valence-corrected chi connectivity index (χ0v) is 16.7. The van der Waals surface area contributed by atoms with E-state index in [1.165, 1.54) is 0 Å². The first-order valence-corrected chi connectivity index (χ1v) is 9.44. The van der Waals surface area contributed by atoms with E-state index in [2.05, 4.69) is 40.4 Å². The maximum atomic E-state index is 12.6. The average molecular weight is 370 g/mol. The van der Waals surface area contributed by atoms with Gasteiger partial charge in [-0.15, -0.1) is 0 Å². The Kier molecular flexibility index (Phi) is 8.07. The quantitative estimate of drug-likeness (QED) is 0.620. The fourth-order valence-corrected chi connectivity index (χ4v) is 2.87. The molecule has 6 heteroatoms. The van der Waals surface area contributed by atoms with Crippen LogP contribution in [0.25, 0.3) is 0 Å². The van der Waals surface area contributed by atoms with E-state index in [0.29, 0.717) is 12.3 Å². The molecular weight excluding hydrogens is 340 g/mol. The number of aryl methyl sites for hydroxylation is 1. The zero-order valence-electron chi connectivity index (χ0n) is 16.7. The second-order valence-electron chi connectivity index (χ2n) is 6.33. The third-order valence-electron chi connectivity index (χ3n) is 4.43. The van der Waals surface area contributed by atoms with Crippen LogP contribution in [0.2, 0.25) is 0 Å². The summed E-state index contributed by atoms with van der Waals surface area (Å²) in [5.74, 6) is -0.214. The van der Waals surface area contributed by atoms with Gasteiger partial charge in [0.25, 0.3) is 5.91 Å². The Morgan fingerprint density at radius 1 is 1.19 bits per heavy atom. The summed E-state index contributed by atoms with van der Waals surface area (Å²) in [6, 6.07) is 9.71. The topological polar surface area (TPSA) is 66.5 Å². The van der Waals surface area contributed by atoms with Gasteiger partial charge in [0.15, 0.2) is 0 Å². The van der Waals surface area contributed by atoms with Crippen LogP contribution in [0.1, 0.15) is 36.3 Å². The summed E-state index contributed by atoms with van der Waals surface area (Å²) in [5.41, 5.74) is 4.26. The van der Waals surface area contributed by atoms with Crippen LogP contribution in [0.5, 0.6) is 0 Å². The molecule has 6 nitrogen and oxygen atoms in total. The van der Waals surface area contributed by atoms with Crippen molar-refractivity contribution < 1.29 is 9.53 Å². The van der Waals surface area contributed by atoms with Crippen LogP contribution in [-0.4, -0.2) is 44.2 Å². The van der Waals surface area contributed by atoms with Crippen molar-refractivity contribution in [3.05, 3.63) is 47.8 Å². The van der Waals surface area contributed by atoms with Crippen molar-refractivity contribution in [2.45, 2.75) is 27.2 Å². The fourth-order valence-electron chi connectivity index (χ4n) is 2.87. The van der Waals surface area contributed by atoms with Crippen LogP contribution < -0.4 is 15.5 Å². The van der Waals surface area contributed by atoms with Crippen molar-refractivity contribution in [2.75, 3.05) is 48.9 Å². The fraction of sp³-hybridized carbons (Fsp3) is 0.429. The van der Waals surface area contributed by atoms with Crippen molar-refractivity contribution in [3.8, 4) is 0 Å². The van der Waals surface area contributed by atoms with E-state index in [1.807, 2.05) is 25.1 Å². The number of benzene rings is 1. The van der Waals surface area contributed by atoms with Gasteiger partial charge in [0.05, 0.1) is 0 Å². The van der Waals surface area contributed by atoms with E-state index < -0.39 is 0 Å². The second kappa shape index (κ2) is 10.5. The van der Waals surface area contributed by atoms with Crippen LogP contribution in [0.3, 0.4) is 0 Å². The van der Waals surface area contributed by atoms with Gasteiger partial charge in [-0.3, -0.25) is 9.78 Å². The number of hydrogen-bond acceptors (Lipinski definition) is 5. The predicted octanol–water partition coefficient (Wildman–Crippen LogP) is 3.94. The molecule has 1 aromatic carbocycles. The molecule has 0 bridgehead atoms. The van der Waals surface area contributed by atoms with Gasteiger partial charge in [-0.1, -0.05) is 0 Å². The minimum Gasteiger partial charge on any atom is -0.385 e. The third-order valence-corrected chi connectivity index (χ3v) is 4.43. The number of rotatable bonds is 10. The number of nitrogens with one attached hydrogen (secondary N) is 2. The first-order valence-electron chi connectivity index (χ1n) is 9.44. The number of methoxy groups -OCH3 is 1. The Morgan fingerprint density at radius 2 is 1.96 bits per heavy atom. The molecule has 0 aliphatic rings. The van der Waals surface area contributed by atoms with Crippen LogP contribution >= 0.6 is 0 Å². The van der Waals surface area contributed by atoms with Crippen LogP contribution in [-0.2, 0) is 4.74 Å². The maximum Gasteiger partial charge on any atom is 0.274 e. The SMILES string of the molecule is CCN(CC)c1ccc(NC(=O)c2cc(NCCCOC)ccn2)c(C)c1. The van der Waals surface area contributed by atoms with Gasteiger partial charge in [0.2, 0.25) is 0 Å². The summed E-state index contributed by atoms with van der Waals surface area (Å²) >= 11 is 0. The lowest BCUT2D eigenvalue weighted by atomic mass is 10.1. The molecule has 0 atom stereocenters. The summed E-state index contributed by atoms with van der Waals surface area (Å²) in [7, 11) is 1.69. The number of carbonyl (C=O) groups excluding carboxylic acids is 1. The maximum absolute atomic E-state index is 12.6. The highest BCUT2D eigenvalue weighted by Crippen LogP contribution is 2.23. The lowest BCUT2D eigenvalue weighted by Crippen LogP contribution is -2.22. The molecule has 2 rings (SSSR count). The molecular formula is C21H30N4O2. The smallest absolute Gasteiger partial charge is 0.274 e. The van der Waals surface area contributed by atoms with Gasteiger partial charge in [-0.05, 0) is 63.1 Å². The Labute approximate surface area is 161 Å². The standard InChI is InChI=1S/C21H30N4O2/c1-5-25(6-2)18-8-9-19(16(3)14-18)24-21(26)20-15-17(10-12-23-20)22-11-7-13-27-4/h8-10,12,14-15H,5-7,11,13H2,1-4H3,(H,22,23)(H,24,26). The largest absolute Gasteiger partial charge is 0.385 e. The number of nitrogens with zero attached hydrogens (tertiary/aromatic N) is 2. The lowest BCUT2D eigenvalue weighted by Gasteiger charge is -2.22. The minimum atomic E-state index is -0.214. The Morgan fingerprint density at radius 3 is 2.63 bits per heavy atom. The van der Waals surface area contributed by atoms with Gasteiger partial charge >= 0.3 is 0 Å². The molecule has 1 aromatic heterocycles. The van der Waals surface area contributed by atoms with Gasteiger partial charge in [0, 0.05) is 56.6 Å². The Bertz CT molecular complexity index is 745. The first-order chi connectivity index (χ1) is 13.1. The summed E-state index contributed by atoms with van der Waals surface area (Å²) in [6.07, 6.45) is 2.54. The first kappa shape index (κ1) is 20.7. The normalized spacial score (nSPS) is 10.5. The number of aromatic nitrogens is 1. The molecule has 0 aliphatic heterocycles. The Balaban J connectivity index is 2.04. The van der Waals surface area contributed by atoms with E-state index in [9.17, 15) is 4.79 Å². The zero-order chi connectivity index (χ0) is 19.6. The van der Waals surface area contributed by atoms with Crippen LogP contribution in [0.15, 0.2) is 36.5 Å². The van der Waals surface area contributed by atoms with Gasteiger partial charge in [-0.25, -0.2) is 0 Å². The third kappa shape index (κ3) is 5.96. The second-order valence-corrected chi connectivity index (χ2v) is 6.33. The molecule has 0 saturated heterocycles. The summed E-state index contributed by atoms with van der Waals surface area (Å²) in [5, 5.41) is 6.24. The van der Waals surface area contributed by atoms with Gasteiger partial charge in [-0.2, -0.15) is 0 Å². The highest BCUT2D eigenvalue weighted by molar-refractivity contribution is 6.03. The van der Waals surface area contributed by atoms with Gasteiger partial charge in [0.1, 0.15) is 5.69 Å². The summed E-state index contributed by atoms with van der Waals surface area (Å²) < 4.78 is 5.04. The van der Waals surface area contributed by atoms with E-state index >= 15 is 0 Å². The van der Waals surface area contributed by atoms with Crippen molar-refractivity contribution >= 4 is 23.0 Å². The molecule has 1 heterocycles. The number of anilines is 3. The van der Waals surface area contributed by atoms with E-state index in [4.69, 9.17) is 4.74 Å². The molecule has 0 radical (unpaired) electrons. The number of carbonyl (C=O) groups is 1. The van der Waals surface area contributed by atoms with Crippen molar-refractivity contribution in [1.82, 2.24) is 4.98 Å². The predicted molar refractivity (Wildman–Crippen MR) is 112 cm³/mol. The lowest BCUT2D eigenvalue weighted by molar-refractivity contribution is 0.102. The molecule has 2 aromatic rings. The van der Waals surface area contributed by atoms with Crippen molar-refractivity contribution in [1.29, 1.82) is 0 Å². The highest BCUT2D eigenvalue weighted by atomic mass is 16.5. The van der Waals surface area contributed by atoms with Crippen molar-refractivity contribution in [2.24, 2.45) is 0 Å². The molecule has 0 unspecified atom stereocenters. The summed E-state index contributed by atoms with van der Waals surface area (Å²) in [4.78, 5) is 19.1. The molecule has 1 amide bonds. The number of ether oxygens (including phenoxy) is 1. The van der Waals surface area contributed by atoms with Crippen LogP contribution in [0, 0.1) is 6.92 Å². The van der Waals surface area contributed by atoms with E-state index in [1.54, 1.807) is 19.4 Å². The molecule has 27 heavy (non-hydrogen) atoms. The Hall–Kier alpha value is -2.60. The van der Waals surface area contributed by atoms with E-state index in [-0.39, 0.29) is 5.91 Å². The number of hydrogen-bond donors (Lipinski definition) is 2. The molecule has 0 spiro atoms. The van der Waals surface area contributed by atoms with Gasteiger partial charge < -0.3 is 20.3 Å². The number of amides is 1. The minimum absolute atomic E-state index is 0.214. The van der Waals surface area contributed by atoms with E-state index in [0.717, 1.165) is 48.7 Å². The molecule has 0 saturated carbocycles. The average Bonchev–Trinajstić information content (AvgIpc) is 2.68. The summed E-state index contributed by atoms with van der Waals surface area (Å²) in [6.45, 7) is 9.67. The molecule has 0 aliphatic carbocycles. The molecule has 0 fully saturated rings. The van der Waals surface area contributed by atoms with Crippen molar-refractivity contribution in [3.63, 3.8) is 0 Å². The highest BCUT2D eigenvalue weighted by Gasteiger charge is 2.11. The monoisotopic (exact) mass is 370 g/mol. The molecule has 2 N–H and O–H groups in total. The number of pyridine rings is 1. The van der Waals surface area contributed by atoms with Crippen LogP contribution in [0.4, 0.5) is 17.1 Å². The molecule has 146 valence electrons.